The van der Waals surface area contributed by atoms with E-state index in [1.54, 1.807) is 0 Å². The maximum absolute atomic E-state index is 3.07. The van der Waals surface area contributed by atoms with Gasteiger partial charge in [0.25, 0.3) is 0 Å². The predicted molar refractivity (Wildman–Crippen MR) is 42.1 cm³/mol. The smallest absolute Gasteiger partial charge is 0.0123 e. The zero-order chi connectivity index (χ0) is 6.95. The maximum atomic E-state index is 3.07. The van der Waals surface area contributed by atoms with E-state index in [9.17, 15) is 0 Å². The molecule has 0 heterocycles. The molecule has 0 radical (unpaired) electrons. The van der Waals surface area contributed by atoms with Crippen LogP contribution >= 0.6 is 0 Å². The fraction of sp³-hybridized carbons (Fsp3) is 0.556. The van der Waals surface area contributed by atoms with Crippen LogP contribution in [0.2, 0.25) is 0 Å². The lowest BCUT2D eigenvalue weighted by Gasteiger charge is -1.79. The van der Waals surface area contributed by atoms with Gasteiger partial charge < -0.3 is 0 Å². The molecular formula is C9H14. The van der Waals surface area contributed by atoms with E-state index < -0.39 is 0 Å². The zero-order valence-electron chi connectivity index (χ0n) is 6.28. The van der Waals surface area contributed by atoms with Crippen molar-refractivity contribution in [2.45, 2.75) is 33.1 Å². The first kappa shape index (κ1) is 8.30. The van der Waals surface area contributed by atoms with Gasteiger partial charge >= 0.3 is 0 Å². The molecule has 50 valence electrons. The van der Waals surface area contributed by atoms with E-state index in [0.717, 1.165) is 19.3 Å². The van der Waals surface area contributed by atoms with Gasteiger partial charge in [0.1, 0.15) is 0 Å². The Morgan fingerprint density at radius 3 is 2.67 bits per heavy atom. The minimum absolute atomic E-state index is 0.982. The predicted octanol–water partition coefficient (Wildman–Crippen LogP) is 2.76. The Hall–Kier alpha value is -0.700. The van der Waals surface area contributed by atoms with Crippen molar-refractivity contribution in [2.24, 2.45) is 0 Å². The number of hydrogen-bond donors (Lipinski definition) is 0. The lowest BCUT2D eigenvalue weighted by atomic mass is 10.3. The average molecular weight is 122 g/mol. The van der Waals surface area contributed by atoms with Crippen LogP contribution in [0.3, 0.4) is 0 Å². The van der Waals surface area contributed by atoms with Crippen molar-refractivity contribution in [3.05, 3.63) is 12.2 Å². The Balaban J connectivity index is 3.09. The second-order valence-corrected chi connectivity index (χ2v) is 1.81. The quantitative estimate of drug-likeness (QED) is 0.300. The molecule has 0 heteroatoms. The summed E-state index contributed by atoms with van der Waals surface area (Å²) in [5, 5.41) is 0. The Morgan fingerprint density at radius 2 is 2.11 bits per heavy atom. The van der Waals surface area contributed by atoms with Crippen LogP contribution in [0.15, 0.2) is 12.2 Å². The molecule has 0 unspecified atom stereocenters. The van der Waals surface area contributed by atoms with Gasteiger partial charge in [0, 0.05) is 12.8 Å². The first-order valence-corrected chi connectivity index (χ1v) is 3.48. The Bertz CT molecular complexity index is 121. The lowest BCUT2D eigenvalue weighted by Crippen LogP contribution is -1.63. The molecule has 0 nitrogen and oxygen atoms in total. The van der Waals surface area contributed by atoms with Crippen molar-refractivity contribution < 1.29 is 0 Å². The van der Waals surface area contributed by atoms with Gasteiger partial charge in [-0.25, -0.2) is 0 Å². The maximum Gasteiger partial charge on any atom is 0.0123 e. The van der Waals surface area contributed by atoms with Crippen LogP contribution in [0.4, 0.5) is 0 Å². The van der Waals surface area contributed by atoms with E-state index in [0.29, 0.717) is 0 Å². The normalized spacial score (nSPS) is 9.11. The summed E-state index contributed by atoms with van der Waals surface area (Å²) in [7, 11) is 0. The molecule has 0 aliphatic carbocycles. The fourth-order valence-corrected chi connectivity index (χ4v) is 0.536. The van der Waals surface area contributed by atoms with Gasteiger partial charge in [-0.1, -0.05) is 19.1 Å². The summed E-state index contributed by atoms with van der Waals surface area (Å²) < 4.78 is 0. The highest BCUT2D eigenvalue weighted by Crippen LogP contribution is 1.87. The molecular weight excluding hydrogens is 108 g/mol. The molecule has 0 aromatic carbocycles. The van der Waals surface area contributed by atoms with Crippen molar-refractivity contribution in [2.75, 3.05) is 0 Å². The lowest BCUT2D eigenvalue weighted by molar-refractivity contribution is 1.08. The molecule has 0 saturated carbocycles. The van der Waals surface area contributed by atoms with Crippen LogP contribution in [-0.4, -0.2) is 0 Å². The van der Waals surface area contributed by atoms with E-state index in [4.69, 9.17) is 0 Å². The summed E-state index contributed by atoms with van der Waals surface area (Å²) >= 11 is 0. The molecule has 0 saturated heterocycles. The minimum Gasteiger partial charge on any atom is -0.104 e. The molecule has 0 spiro atoms. The Labute approximate surface area is 58.0 Å². The van der Waals surface area contributed by atoms with E-state index in [2.05, 4.69) is 30.9 Å². The van der Waals surface area contributed by atoms with Gasteiger partial charge in [-0.15, -0.1) is 11.8 Å². The van der Waals surface area contributed by atoms with Crippen LogP contribution in [-0.2, 0) is 0 Å². The van der Waals surface area contributed by atoms with E-state index in [1.165, 1.54) is 0 Å². The number of allylic oxidation sites excluding steroid dienone is 2. The van der Waals surface area contributed by atoms with Gasteiger partial charge in [-0.3, -0.25) is 0 Å². The fourth-order valence-electron chi connectivity index (χ4n) is 0.536. The molecule has 0 aliphatic heterocycles. The van der Waals surface area contributed by atoms with Crippen LogP contribution in [0, 0.1) is 11.8 Å². The molecule has 0 atom stereocenters. The van der Waals surface area contributed by atoms with E-state index in [-0.39, 0.29) is 0 Å². The molecule has 0 aliphatic rings. The van der Waals surface area contributed by atoms with Crippen LogP contribution < -0.4 is 0 Å². The first-order valence-electron chi connectivity index (χ1n) is 3.48. The molecule has 0 bridgehead atoms. The zero-order valence-corrected chi connectivity index (χ0v) is 6.28. The summed E-state index contributed by atoms with van der Waals surface area (Å²) in [6.45, 7) is 4.11. The highest BCUT2D eigenvalue weighted by Gasteiger charge is 1.71. The van der Waals surface area contributed by atoms with Crippen molar-refractivity contribution >= 4 is 0 Å². The van der Waals surface area contributed by atoms with Crippen LogP contribution in [0.25, 0.3) is 0 Å². The number of rotatable bonds is 2. The third-order valence-electron chi connectivity index (χ3n) is 0.973. The van der Waals surface area contributed by atoms with Crippen molar-refractivity contribution in [1.29, 1.82) is 0 Å². The molecule has 0 fully saturated rings. The Morgan fingerprint density at radius 1 is 1.33 bits per heavy atom. The van der Waals surface area contributed by atoms with Crippen LogP contribution in [0.5, 0.6) is 0 Å². The van der Waals surface area contributed by atoms with E-state index >= 15 is 0 Å². The second kappa shape index (κ2) is 7.30. The van der Waals surface area contributed by atoms with Gasteiger partial charge in [-0.05, 0) is 13.3 Å². The number of hydrogen-bond acceptors (Lipinski definition) is 0. The van der Waals surface area contributed by atoms with Gasteiger partial charge in [0.05, 0.1) is 0 Å². The highest BCUT2D eigenvalue weighted by molar-refractivity contribution is 4.99. The summed E-state index contributed by atoms with van der Waals surface area (Å²) in [6.07, 6.45) is 7.30. The summed E-state index contributed by atoms with van der Waals surface area (Å²) in [5.41, 5.74) is 0. The van der Waals surface area contributed by atoms with Gasteiger partial charge in [-0.2, -0.15) is 0 Å². The minimum atomic E-state index is 0.982. The van der Waals surface area contributed by atoms with Crippen LogP contribution in [0.1, 0.15) is 33.1 Å². The number of unbranched alkanes of at least 4 members (excludes halogenated alkanes) is 1. The summed E-state index contributed by atoms with van der Waals surface area (Å²) in [5.74, 6) is 6.09. The highest BCUT2D eigenvalue weighted by atomic mass is 13.8. The average Bonchev–Trinajstić information content (AvgIpc) is 1.89. The second-order valence-electron chi connectivity index (χ2n) is 1.81. The summed E-state index contributed by atoms with van der Waals surface area (Å²) in [6, 6.07) is 0. The van der Waals surface area contributed by atoms with Crippen molar-refractivity contribution in [3.63, 3.8) is 0 Å². The molecule has 9 heavy (non-hydrogen) atoms. The topological polar surface area (TPSA) is 0 Å². The molecule has 0 rings (SSSR count). The van der Waals surface area contributed by atoms with Crippen molar-refractivity contribution in [1.82, 2.24) is 0 Å². The van der Waals surface area contributed by atoms with Gasteiger partial charge in [0.2, 0.25) is 0 Å². The summed E-state index contributed by atoms with van der Waals surface area (Å²) in [4.78, 5) is 0. The first-order chi connectivity index (χ1) is 4.41. The molecule has 0 amide bonds. The monoisotopic (exact) mass is 122 g/mol. The third-order valence-corrected chi connectivity index (χ3v) is 0.973. The van der Waals surface area contributed by atoms with Crippen molar-refractivity contribution in [3.8, 4) is 11.8 Å². The van der Waals surface area contributed by atoms with E-state index in [1.807, 2.05) is 6.92 Å². The third kappa shape index (κ3) is 7.30. The SMILES string of the molecule is CC=CCCC#CCC. The Kier molecular flexibility index (Phi) is 6.73. The largest absolute Gasteiger partial charge is 0.104 e. The molecule has 0 N–H and O–H groups in total. The molecule has 0 aromatic heterocycles. The standard InChI is InChI=1S/C9H14/c1-3-5-7-9-8-6-4-2/h3,5H,4,7,9H2,1-2H3. The molecule has 0 aromatic rings. The van der Waals surface area contributed by atoms with Gasteiger partial charge in [0.15, 0.2) is 0 Å².